The highest BCUT2D eigenvalue weighted by molar-refractivity contribution is 5.94. The van der Waals surface area contributed by atoms with Gasteiger partial charge in [0, 0.05) is 31.6 Å². The van der Waals surface area contributed by atoms with Crippen LogP contribution in [-0.4, -0.2) is 24.5 Å². The summed E-state index contributed by atoms with van der Waals surface area (Å²) in [6, 6.07) is 9.84. The van der Waals surface area contributed by atoms with Crippen molar-refractivity contribution in [1.82, 2.24) is 0 Å². The van der Waals surface area contributed by atoms with E-state index in [1.54, 1.807) is 24.3 Å². The summed E-state index contributed by atoms with van der Waals surface area (Å²) in [7, 11) is 0. The van der Waals surface area contributed by atoms with Crippen molar-refractivity contribution in [3.8, 4) is 5.75 Å². The average molecular weight is 376 g/mol. The number of rotatable bonds is 7. The molecule has 0 heterocycles. The Morgan fingerprint density at radius 3 is 2.33 bits per heavy atom. The lowest BCUT2D eigenvalue weighted by atomic mass is 10.2. The number of nitrogens with one attached hydrogen (secondary N) is 1. The highest BCUT2D eigenvalue weighted by Gasteiger charge is 2.17. The molecule has 7 heteroatoms. The summed E-state index contributed by atoms with van der Waals surface area (Å²) in [5.41, 5.74) is 0.519. The average Bonchev–Trinajstić information content (AvgIpc) is 2.57. The molecule has 144 valence electrons. The highest BCUT2D eigenvalue weighted by Crippen LogP contribution is 2.21. The summed E-state index contributed by atoms with van der Waals surface area (Å²) in [5.74, 6) is -1.67. The maximum atomic E-state index is 13.9. The van der Waals surface area contributed by atoms with Crippen LogP contribution in [-0.2, 0) is 9.59 Å². The van der Waals surface area contributed by atoms with Gasteiger partial charge in [0.2, 0.25) is 11.8 Å². The molecule has 2 rings (SSSR count). The van der Waals surface area contributed by atoms with E-state index in [4.69, 9.17) is 4.74 Å². The van der Waals surface area contributed by atoms with E-state index in [-0.39, 0.29) is 30.7 Å². The van der Waals surface area contributed by atoms with Gasteiger partial charge in [-0.25, -0.2) is 8.78 Å². The van der Waals surface area contributed by atoms with Crippen molar-refractivity contribution >= 4 is 23.2 Å². The first-order chi connectivity index (χ1) is 12.8. The Kier molecular flexibility index (Phi) is 6.87. The zero-order valence-corrected chi connectivity index (χ0v) is 15.5. The maximum absolute atomic E-state index is 13.9. The summed E-state index contributed by atoms with van der Waals surface area (Å²) in [5, 5.41) is 2.71. The van der Waals surface area contributed by atoms with Crippen LogP contribution in [0.25, 0.3) is 0 Å². The SMILES string of the molecule is CC(=O)N(CCC(=O)Nc1ccc(OC(C)C)cc1)c1ccc(F)cc1F. The molecule has 0 spiro atoms. The topological polar surface area (TPSA) is 58.6 Å². The van der Waals surface area contributed by atoms with Crippen molar-refractivity contribution in [2.24, 2.45) is 0 Å². The second-order valence-corrected chi connectivity index (χ2v) is 6.26. The third-order valence-corrected chi connectivity index (χ3v) is 3.65. The lowest BCUT2D eigenvalue weighted by molar-refractivity contribution is -0.117. The zero-order valence-electron chi connectivity index (χ0n) is 15.5. The van der Waals surface area contributed by atoms with Gasteiger partial charge in [-0.1, -0.05) is 0 Å². The number of halogens is 2. The van der Waals surface area contributed by atoms with Gasteiger partial charge in [0.1, 0.15) is 17.4 Å². The quantitative estimate of drug-likeness (QED) is 0.790. The minimum atomic E-state index is -0.855. The summed E-state index contributed by atoms with van der Waals surface area (Å²) in [6.07, 6.45) is 0.00977. The lowest BCUT2D eigenvalue weighted by Gasteiger charge is -2.21. The van der Waals surface area contributed by atoms with Gasteiger partial charge in [-0.15, -0.1) is 0 Å². The fraction of sp³-hybridized carbons (Fsp3) is 0.300. The van der Waals surface area contributed by atoms with E-state index in [2.05, 4.69) is 5.32 Å². The number of benzene rings is 2. The van der Waals surface area contributed by atoms with Crippen LogP contribution < -0.4 is 15.0 Å². The summed E-state index contributed by atoms with van der Waals surface area (Å²) < 4.78 is 32.5. The molecule has 0 atom stereocenters. The molecule has 0 unspecified atom stereocenters. The molecule has 1 N–H and O–H groups in total. The molecule has 2 aromatic carbocycles. The van der Waals surface area contributed by atoms with E-state index < -0.39 is 17.5 Å². The molecule has 2 aromatic rings. The Balaban J connectivity index is 1.97. The van der Waals surface area contributed by atoms with Crippen LogP contribution in [0, 0.1) is 11.6 Å². The van der Waals surface area contributed by atoms with Crippen LogP contribution >= 0.6 is 0 Å². The number of anilines is 2. The van der Waals surface area contributed by atoms with E-state index in [1.807, 2.05) is 13.8 Å². The number of ether oxygens (including phenoxy) is 1. The smallest absolute Gasteiger partial charge is 0.226 e. The minimum absolute atomic E-state index is 0.0295. The van der Waals surface area contributed by atoms with Crippen LogP contribution in [0.2, 0.25) is 0 Å². The zero-order chi connectivity index (χ0) is 20.0. The Labute approximate surface area is 156 Å². The molecule has 0 bridgehead atoms. The molecule has 0 aliphatic rings. The number of amides is 2. The van der Waals surface area contributed by atoms with Crippen molar-refractivity contribution in [2.45, 2.75) is 33.3 Å². The number of carbonyl (C=O) groups is 2. The van der Waals surface area contributed by atoms with Gasteiger partial charge in [-0.3, -0.25) is 9.59 Å². The molecular weight excluding hydrogens is 354 g/mol. The molecule has 0 aromatic heterocycles. The first-order valence-corrected chi connectivity index (χ1v) is 8.56. The molecule has 2 amide bonds. The van der Waals surface area contributed by atoms with Gasteiger partial charge in [0.05, 0.1) is 11.8 Å². The molecule has 27 heavy (non-hydrogen) atoms. The standard InChI is InChI=1S/C20H22F2N2O3/c1-13(2)27-17-7-5-16(6-8-17)23-20(26)10-11-24(14(3)25)19-9-4-15(21)12-18(19)22/h4-9,12-13H,10-11H2,1-3H3,(H,23,26). The van der Waals surface area contributed by atoms with Gasteiger partial charge in [-0.2, -0.15) is 0 Å². The van der Waals surface area contributed by atoms with E-state index in [0.717, 1.165) is 11.0 Å². The second-order valence-electron chi connectivity index (χ2n) is 6.26. The van der Waals surface area contributed by atoms with Gasteiger partial charge in [0.15, 0.2) is 0 Å². The predicted octanol–water partition coefficient (Wildman–Crippen LogP) is 4.13. The first-order valence-electron chi connectivity index (χ1n) is 8.56. The Bertz CT molecular complexity index is 807. The third-order valence-electron chi connectivity index (χ3n) is 3.65. The van der Waals surface area contributed by atoms with Gasteiger partial charge in [0.25, 0.3) is 0 Å². The van der Waals surface area contributed by atoms with Crippen molar-refractivity contribution in [1.29, 1.82) is 0 Å². The van der Waals surface area contributed by atoms with Crippen molar-refractivity contribution in [3.05, 3.63) is 54.1 Å². The van der Waals surface area contributed by atoms with E-state index >= 15 is 0 Å². The number of nitrogens with zero attached hydrogens (tertiary/aromatic N) is 1. The molecule has 0 saturated heterocycles. The van der Waals surface area contributed by atoms with Gasteiger partial charge in [-0.05, 0) is 50.2 Å². The van der Waals surface area contributed by atoms with Crippen molar-refractivity contribution < 1.29 is 23.1 Å². The van der Waals surface area contributed by atoms with Crippen LogP contribution in [0.15, 0.2) is 42.5 Å². The third kappa shape index (κ3) is 6.06. The Morgan fingerprint density at radius 2 is 1.78 bits per heavy atom. The van der Waals surface area contributed by atoms with Crippen LogP contribution in [0.1, 0.15) is 27.2 Å². The molecule has 0 aliphatic carbocycles. The molecule has 5 nitrogen and oxygen atoms in total. The fourth-order valence-corrected chi connectivity index (χ4v) is 2.47. The molecule has 0 aliphatic heterocycles. The first kappa shape index (κ1) is 20.4. The molecule has 0 fully saturated rings. The van der Waals surface area contributed by atoms with E-state index in [9.17, 15) is 18.4 Å². The largest absolute Gasteiger partial charge is 0.491 e. The van der Waals surface area contributed by atoms with E-state index in [0.29, 0.717) is 17.5 Å². The monoisotopic (exact) mass is 376 g/mol. The van der Waals surface area contributed by atoms with Crippen LogP contribution in [0.3, 0.4) is 0 Å². The second kappa shape index (κ2) is 9.12. The Morgan fingerprint density at radius 1 is 1.11 bits per heavy atom. The molecular formula is C20H22F2N2O3. The fourth-order valence-electron chi connectivity index (χ4n) is 2.47. The van der Waals surface area contributed by atoms with Gasteiger partial charge < -0.3 is 15.0 Å². The summed E-state index contributed by atoms with van der Waals surface area (Å²) in [6.45, 7) is 5.06. The van der Waals surface area contributed by atoms with Gasteiger partial charge >= 0.3 is 0 Å². The lowest BCUT2D eigenvalue weighted by Crippen LogP contribution is -2.32. The predicted molar refractivity (Wildman–Crippen MR) is 99.8 cm³/mol. The van der Waals surface area contributed by atoms with Crippen molar-refractivity contribution in [3.63, 3.8) is 0 Å². The van der Waals surface area contributed by atoms with Crippen molar-refractivity contribution in [2.75, 3.05) is 16.8 Å². The number of hydrogen-bond donors (Lipinski definition) is 1. The summed E-state index contributed by atoms with van der Waals surface area (Å²) in [4.78, 5) is 25.0. The molecule has 0 radical (unpaired) electrons. The Hall–Kier alpha value is -2.96. The van der Waals surface area contributed by atoms with E-state index in [1.165, 1.54) is 13.0 Å². The maximum Gasteiger partial charge on any atom is 0.226 e. The highest BCUT2D eigenvalue weighted by atomic mass is 19.1. The minimum Gasteiger partial charge on any atom is -0.491 e. The normalized spacial score (nSPS) is 10.6. The number of carbonyl (C=O) groups excluding carboxylic acids is 2. The molecule has 0 saturated carbocycles. The summed E-state index contributed by atoms with van der Waals surface area (Å²) >= 11 is 0. The van der Waals surface area contributed by atoms with Crippen LogP contribution in [0.4, 0.5) is 20.2 Å². The van der Waals surface area contributed by atoms with Crippen LogP contribution in [0.5, 0.6) is 5.75 Å². The number of hydrogen-bond acceptors (Lipinski definition) is 3.